The molecular weight excluding hydrogens is 172 g/mol. The minimum Gasteiger partial charge on any atom is -0.300 e. The molecule has 1 aliphatic carbocycles. The Morgan fingerprint density at radius 2 is 1.64 bits per heavy atom. The van der Waals surface area contributed by atoms with Gasteiger partial charge in [0.25, 0.3) is 0 Å². The fourth-order valence-electron chi connectivity index (χ4n) is 2.65. The summed E-state index contributed by atoms with van der Waals surface area (Å²) in [5, 5.41) is 0. The van der Waals surface area contributed by atoms with Crippen LogP contribution >= 0.6 is 0 Å². The summed E-state index contributed by atoms with van der Waals surface area (Å²) in [4.78, 5) is 11.8. The van der Waals surface area contributed by atoms with E-state index in [-0.39, 0.29) is 5.41 Å². The van der Waals surface area contributed by atoms with Gasteiger partial charge in [-0.25, -0.2) is 0 Å². The van der Waals surface area contributed by atoms with E-state index in [2.05, 4.69) is 27.7 Å². The quantitative estimate of drug-likeness (QED) is 0.611. The normalized spacial score (nSPS) is 25.9. The molecule has 0 bridgehead atoms. The van der Waals surface area contributed by atoms with Gasteiger partial charge in [0.2, 0.25) is 0 Å². The lowest BCUT2D eigenvalue weighted by Crippen LogP contribution is -2.20. The van der Waals surface area contributed by atoms with Gasteiger partial charge in [0, 0.05) is 12.8 Å². The SMILES string of the molecule is CCC1(CC)CCC(C)(C)CC(=O)C1. The van der Waals surface area contributed by atoms with Crippen LogP contribution in [-0.4, -0.2) is 5.78 Å². The molecule has 14 heavy (non-hydrogen) atoms. The summed E-state index contributed by atoms with van der Waals surface area (Å²) < 4.78 is 0. The highest BCUT2D eigenvalue weighted by atomic mass is 16.1. The molecule has 82 valence electrons. The maximum absolute atomic E-state index is 11.8. The van der Waals surface area contributed by atoms with Crippen molar-refractivity contribution in [2.75, 3.05) is 0 Å². The van der Waals surface area contributed by atoms with Crippen LogP contribution in [0.5, 0.6) is 0 Å². The lowest BCUT2D eigenvalue weighted by atomic mass is 9.74. The lowest BCUT2D eigenvalue weighted by Gasteiger charge is -2.30. The Morgan fingerprint density at radius 3 is 2.14 bits per heavy atom. The second kappa shape index (κ2) is 4.04. The van der Waals surface area contributed by atoms with Gasteiger partial charge in [0.15, 0.2) is 0 Å². The van der Waals surface area contributed by atoms with E-state index in [1.807, 2.05) is 0 Å². The van der Waals surface area contributed by atoms with Crippen molar-refractivity contribution < 1.29 is 4.79 Å². The molecule has 0 saturated heterocycles. The average molecular weight is 196 g/mol. The maximum atomic E-state index is 11.8. The Morgan fingerprint density at radius 1 is 1.07 bits per heavy atom. The fourth-order valence-corrected chi connectivity index (χ4v) is 2.65. The number of carbonyl (C=O) groups excluding carboxylic acids is 1. The van der Waals surface area contributed by atoms with E-state index in [4.69, 9.17) is 0 Å². The molecule has 1 heteroatoms. The zero-order valence-electron chi connectivity index (χ0n) is 10.2. The topological polar surface area (TPSA) is 17.1 Å². The number of hydrogen-bond acceptors (Lipinski definition) is 1. The van der Waals surface area contributed by atoms with E-state index >= 15 is 0 Å². The molecule has 0 aromatic rings. The van der Waals surface area contributed by atoms with Gasteiger partial charge in [-0.15, -0.1) is 0 Å². The summed E-state index contributed by atoms with van der Waals surface area (Å²) in [7, 11) is 0. The summed E-state index contributed by atoms with van der Waals surface area (Å²) in [6, 6.07) is 0. The molecule has 0 heterocycles. The van der Waals surface area contributed by atoms with Gasteiger partial charge in [-0.05, 0) is 23.7 Å². The zero-order valence-corrected chi connectivity index (χ0v) is 10.2. The number of rotatable bonds is 2. The van der Waals surface area contributed by atoms with E-state index in [1.54, 1.807) is 0 Å². The zero-order chi connectivity index (χ0) is 10.8. The van der Waals surface area contributed by atoms with Gasteiger partial charge < -0.3 is 0 Å². The molecule has 0 radical (unpaired) electrons. The highest BCUT2D eigenvalue weighted by Gasteiger charge is 2.36. The summed E-state index contributed by atoms with van der Waals surface area (Å²) in [5.74, 6) is 0.483. The predicted octanol–water partition coefficient (Wildman–Crippen LogP) is 3.96. The first-order valence-electron chi connectivity index (χ1n) is 5.95. The van der Waals surface area contributed by atoms with E-state index in [0.717, 1.165) is 25.7 Å². The van der Waals surface area contributed by atoms with Crippen LogP contribution < -0.4 is 0 Å². The van der Waals surface area contributed by atoms with Crippen molar-refractivity contribution in [1.82, 2.24) is 0 Å². The van der Waals surface area contributed by atoms with Crippen LogP contribution in [0.4, 0.5) is 0 Å². The number of ketones is 1. The Balaban J connectivity index is 2.80. The van der Waals surface area contributed by atoms with Crippen LogP contribution in [0.2, 0.25) is 0 Å². The van der Waals surface area contributed by atoms with Crippen LogP contribution in [-0.2, 0) is 4.79 Å². The number of Topliss-reactive ketones (excluding diaryl/α,β-unsaturated/α-hetero) is 1. The third kappa shape index (κ3) is 2.59. The first-order valence-corrected chi connectivity index (χ1v) is 5.95. The summed E-state index contributed by atoms with van der Waals surface area (Å²) in [5.41, 5.74) is 0.564. The Hall–Kier alpha value is -0.330. The van der Waals surface area contributed by atoms with E-state index < -0.39 is 0 Å². The minimum atomic E-state index is 0.239. The van der Waals surface area contributed by atoms with Crippen molar-refractivity contribution >= 4 is 5.78 Å². The van der Waals surface area contributed by atoms with Gasteiger partial charge in [-0.2, -0.15) is 0 Å². The second-order valence-electron chi connectivity index (χ2n) is 5.76. The van der Waals surface area contributed by atoms with Gasteiger partial charge in [0.05, 0.1) is 0 Å². The summed E-state index contributed by atoms with van der Waals surface area (Å²) in [6.45, 7) is 8.92. The van der Waals surface area contributed by atoms with Crippen molar-refractivity contribution in [3.63, 3.8) is 0 Å². The van der Waals surface area contributed by atoms with E-state index in [9.17, 15) is 4.79 Å². The van der Waals surface area contributed by atoms with Gasteiger partial charge in [-0.3, -0.25) is 4.79 Å². The van der Waals surface area contributed by atoms with Crippen molar-refractivity contribution in [3.05, 3.63) is 0 Å². The largest absolute Gasteiger partial charge is 0.300 e. The molecule has 0 aromatic carbocycles. The smallest absolute Gasteiger partial charge is 0.133 e. The highest BCUT2D eigenvalue weighted by Crippen LogP contribution is 2.44. The standard InChI is InChI=1S/C13H24O/c1-5-13(6-2)8-7-12(3,4)9-11(14)10-13/h5-10H2,1-4H3. The number of carbonyl (C=O) groups is 1. The van der Waals surface area contributed by atoms with E-state index in [0.29, 0.717) is 11.2 Å². The molecule has 0 aromatic heterocycles. The molecule has 1 fully saturated rings. The molecule has 0 aliphatic heterocycles. The van der Waals surface area contributed by atoms with Gasteiger partial charge >= 0.3 is 0 Å². The van der Waals surface area contributed by atoms with Crippen LogP contribution in [0.15, 0.2) is 0 Å². The van der Waals surface area contributed by atoms with Crippen molar-refractivity contribution in [3.8, 4) is 0 Å². The summed E-state index contributed by atoms with van der Waals surface area (Å²) >= 11 is 0. The Bertz CT molecular complexity index is 211. The van der Waals surface area contributed by atoms with Crippen LogP contribution in [0, 0.1) is 10.8 Å². The molecule has 1 aliphatic rings. The molecule has 0 amide bonds. The van der Waals surface area contributed by atoms with Crippen LogP contribution in [0.25, 0.3) is 0 Å². The molecule has 0 unspecified atom stereocenters. The first kappa shape index (κ1) is 11.7. The first-order chi connectivity index (χ1) is 6.43. The Kier molecular flexibility index (Phi) is 3.39. The third-order valence-electron chi connectivity index (χ3n) is 4.08. The molecule has 0 spiro atoms. The maximum Gasteiger partial charge on any atom is 0.133 e. The monoisotopic (exact) mass is 196 g/mol. The predicted molar refractivity (Wildman–Crippen MR) is 60.3 cm³/mol. The average Bonchev–Trinajstić information content (AvgIpc) is 2.22. The second-order valence-corrected chi connectivity index (χ2v) is 5.76. The lowest BCUT2D eigenvalue weighted by molar-refractivity contribution is -0.122. The fraction of sp³-hybridized carbons (Fsp3) is 0.923. The van der Waals surface area contributed by atoms with Gasteiger partial charge in [0.1, 0.15) is 5.78 Å². The molecular formula is C13H24O. The third-order valence-corrected chi connectivity index (χ3v) is 4.08. The van der Waals surface area contributed by atoms with Crippen molar-refractivity contribution in [2.24, 2.45) is 10.8 Å². The summed E-state index contributed by atoms with van der Waals surface area (Å²) in [6.07, 6.45) is 6.37. The molecule has 0 N–H and O–H groups in total. The number of hydrogen-bond donors (Lipinski definition) is 0. The molecule has 1 rings (SSSR count). The highest BCUT2D eigenvalue weighted by molar-refractivity contribution is 5.80. The Labute approximate surface area is 88.3 Å². The minimum absolute atomic E-state index is 0.239. The van der Waals surface area contributed by atoms with Gasteiger partial charge in [-0.1, -0.05) is 40.5 Å². The van der Waals surface area contributed by atoms with Crippen LogP contribution in [0.1, 0.15) is 66.2 Å². The van der Waals surface area contributed by atoms with Crippen LogP contribution in [0.3, 0.4) is 0 Å². The molecule has 0 atom stereocenters. The molecule has 1 saturated carbocycles. The molecule has 1 nitrogen and oxygen atoms in total. The van der Waals surface area contributed by atoms with Crippen molar-refractivity contribution in [2.45, 2.75) is 66.2 Å². The van der Waals surface area contributed by atoms with Crippen molar-refractivity contribution in [1.29, 1.82) is 0 Å². The van der Waals surface area contributed by atoms with E-state index in [1.165, 1.54) is 12.8 Å².